The van der Waals surface area contributed by atoms with E-state index in [4.69, 9.17) is 0 Å². The monoisotopic (exact) mass is 166 g/mol. The normalized spacial score (nSPS) is 41.8. The third kappa shape index (κ3) is 1.30. The van der Waals surface area contributed by atoms with Gasteiger partial charge in [0.25, 0.3) is 0 Å². The zero-order valence-corrected chi connectivity index (χ0v) is 8.77. The van der Waals surface area contributed by atoms with Crippen molar-refractivity contribution in [1.29, 1.82) is 0 Å². The maximum absolute atomic E-state index is 2.43. The molecule has 0 aromatic heterocycles. The summed E-state index contributed by atoms with van der Waals surface area (Å²) < 4.78 is 0. The summed E-state index contributed by atoms with van der Waals surface area (Å²) in [4.78, 5) is 0. The Morgan fingerprint density at radius 3 is 2.08 bits per heavy atom. The Bertz CT molecular complexity index is 163. The van der Waals surface area contributed by atoms with Crippen LogP contribution in [0.5, 0.6) is 0 Å². The second-order valence-corrected chi connectivity index (χ2v) is 5.90. The van der Waals surface area contributed by atoms with Gasteiger partial charge < -0.3 is 0 Å². The Morgan fingerprint density at radius 1 is 0.917 bits per heavy atom. The Balaban J connectivity index is 2.05. The summed E-state index contributed by atoms with van der Waals surface area (Å²) >= 11 is 0. The third-order valence-corrected chi connectivity index (χ3v) is 4.20. The van der Waals surface area contributed by atoms with Crippen LogP contribution in [-0.4, -0.2) is 0 Å². The first-order chi connectivity index (χ1) is 5.59. The van der Waals surface area contributed by atoms with Crippen molar-refractivity contribution >= 4 is 0 Å². The van der Waals surface area contributed by atoms with Crippen LogP contribution in [0.15, 0.2) is 0 Å². The molecule has 0 aromatic rings. The molecule has 2 aliphatic carbocycles. The van der Waals surface area contributed by atoms with Crippen molar-refractivity contribution in [3.63, 3.8) is 0 Å². The highest BCUT2D eigenvalue weighted by Crippen LogP contribution is 2.53. The van der Waals surface area contributed by atoms with Gasteiger partial charge >= 0.3 is 0 Å². The van der Waals surface area contributed by atoms with E-state index in [1.165, 1.54) is 32.1 Å². The molecule has 0 amide bonds. The Labute approximate surface area is 76.7 Å². The van der Waals surface area contributed by atoms with E-state index < -0.39 is 0 Å². The summed E-state index contributed by atoms with van der Waals surface area (Å²) in [7, 11) is 0. The topological polar surface area (TPSA) is 0 Å². The maximum Gasteiger partial charge on any atom is -0.0334 e. The molecule has 12 heavy (non-hydrogen) atoms. The molecule has 2 saturated carbocycles. The van der Waals surface area contributed by atoms with Crippen LogP contribution in [0.2, 0.25) is 0 Å². The van der Waals surface area contributed by atoms with Crippen LogP contribution >= 0.6 is 0 Å². The summed E-state index contributed by atoms with van der Waals surface area (Å²) in [6.45, 7) is 7.29. The quantitative estimate of drug-likeness (QED) is 0.512. The first-order valence-corrected chi connectivity index (χ1v) is 5.59. The molecule has 0 saturated heterocycles. The van der Waals surface area contributed by atoms with Gasteiger partial charge in [0.1, 0.15) is 0 Å². The molecule has 0 aromatic carbocycles. The molecule has 0 aliphatic heterocycles. The summed E-state index contributed by atoms with van der Waals surface area (Å²) in [5.74, 6) is 3.27. The van der Waals surface area contributed by atoms with Gasteiger partial charge in [0.2, 0.25) is 0 Å². The molecule has 2 aliphatic rings. The van der Waals surface area contributed by atoms with Crippen LogP contribution in [0.4, 0.5) is 0 Å². The summed E-state index contributed by atoms with van der Waals surface area (Å²) in [6.07, 6.45) is 7.62. The molecular weight excluding hydrogens is 144 g/mol. The van der Waals surface area contributed by atoms with Gasteiger partial charge in [0, 0.05) is 0 Å². The molecule has 0 N–H and O–H groups in total. The van der Waals surface area contributed by atoms with E-state index in [0.717, 1.165) is 17.8 Å². The van der Waals surface area contributed by atoms with Gasteiger partial charge in [0.05, 0.1) is 0 Å². The molecule has 3 unspecified atom stereocenters. The van der Waals surface area contributed by atoms with Gasteiger partial charge in [-0.05, 0) is 42.4 Å². The standard InChI is InChI=1S/C12H22/c1-12(2,3)11-6-4-5-9-7-8-10(9)11/h9-11H,4-8H2,1-3H3. The van der Waals surface area contributed by atoms with Gasteiger partial charge in [-0.15, -0.1) is 0 Å². The average Bonchev–Trinajstić information content (AvgIpc) is 1.88. The predicted molar refractivity (Wildman–Crippen MR) is 53.0 cm³/mol. The average molecular weight is 166 g/mol. The van der Waals surface area contributed by atoms with Gasteiger partial charge in [-0.3, -0.25) is 0 Å². The van der Waals surface area contributed by atoms with E-state index in [1.54, 1.807) is 0 Å². The zero-order valence-electron chi connectivity index (χ0n) is 8.77. The van der Waals surface area contributed by atoms with Crippen molar-refractivity contribution in [2.75, 3.05) is 0 Å². The van der Waals surface area contributed by atoms with Crippen molar-refractivity contribution in [3.8, 4) is 0 Å². The van der Waals surface area contributed by atoms with E-state index in [9.17, 15) is 0 Å². The first-order valence-electron chi connectivity index (χ1n) is 5.59. The van der Waals surface area contributed by atoms with Crippen LogP contribution in [-0.2, 0) is 0 Å². The number of fused-ring (bicyclic) bond motifs is 1. The van der Waals surface area contributed by atoms with E-state index in [1.807, 2.05) is 0 Å². The second-order valence-electron chi connectivity index (χ2n) is 5.90. The molecule has 0 nitrogen and oxygen atoms in total. The van der Waals surface area contributed by atoms with Crippen molar-refractivity contribution in [2.24, 2.45) is 23.2 Å². The fraction of sp³-hybridized carbons (Fsp3) is 1.00. The maximum atomic E-state index is 2.43. The Morgan fingerprint density at radius 2 is 1.67 bits per heavy atom. The van der Waals surface area contributed by atoms with Crippen LogP contribution < -0.4 is 0 Å². The van der Waals surface area contributed by atoms with Gasteiger partial charge in [-0.25, -0.2) is 0 Å². The molecule has 2 rings (SSSR count). The Kier molecular flexibility index (Phi) is 1.97. The van der Waals surface area contributed by atoms with Crippen molar-refractivity contribution in [2.45, 2.75) is 52.9 Å². The minimum absolute atomic E-state index is 0.573. The molecule has 2 fully saturated rings. The fourth-order valence-electron chi connectivity index (χ4n) is 3.37. The summed E-state index contributed by atoms with van der Waals surface area (Å²) in [5, 5.41) is 0. The highest BCUT2D eigenvalue weighted by molar-refractivity contribution is 4.93. The molecule has 0 radical (unpaired) electrons. The van der Waals surface area contributed by atoms with Crippen molar-refractivity contribution < 1.29 is 0 Å². The highest BCUT2D eigenvalue weighted by Gasteiger charge is 2.43. The van der Waals surface area contributed by atoms with Gasteiger partial charge in [-0.2, -0.15) is 0 Å². The number of hydrogen-bond donors (Lipinski definition) is 0. The van der Waals surface area contributed by atoms with E-state index >= 15 is 0 Å². The SMILES string of the molecule is CC(C)(C)C1CCCC2CCC21. The molecular formula is C12H22. The second kappa shape index (κ2) is 2.75. The third-order valence-electron chi connectivity index (χ3n) is 4.20. The minimum atomic E-state index is 0.573. The predicted octanol–water partition coefficient (Wildman–Crippen LogP) is 3.86. The van der Waals surface area contributed by atoms with Crippen molar-refractivity contribution in [1.82, 2.24) is 0 Å². The fourth-order valence-corrected chi connectivity index (χ4v) is 3.37. The molecule has 0 heterocycles. The number of hydrogen-bond acceptors (Lipinski definition) is 0. The summed E-state index contributed by atoms with van der Waals surface area (Å²) in [6, 6.07) is 0. The van der Waals surface area contributed by atoms with E-state index in [2.05, 4.69) is 20.8 Å². The molecule has 70 valence electrons. The smallest absolute Gasteiger partial charge is 0.0334 e. The zero-order chi connectivity index (χ0) is 8.77. The lowest BCUT2D eigenvalue weighted by Gasteiger charge is -2.51. The van der Waals surface area contributed by atoms with Gasteiger partial charge in [0.15, 0.2) is 0 Å². The van der Waals surface area contributed by atoms with Crippen LogP contribution in [0.3, 0.4) is 0 Å². The minimum Gasteiger partial charge on any atom is -0.0599 e. The van der Waals surface area contributed by atoms with Crippen LogP contribution in [0.25, 0.3) is 0 Å². The first kappa shape index (κ1) is 8.59. The van der Waals surface area contributed by atoms with Crippen LogP contribution in [0.1, 0.15) is 52.9 Å². The van der Waals surface area contributed by atoms with Gasteiger partial charge in [-0.1, -0.05) is 33.6 Å². The van der Waals surface area contributed by atoms with E-state index in [0.29, 0.717) is 5.41 Å². The Hall–Kier alpha value is 0. The highest BCUT2D eigenvalue weighted by atomic mass is 14.5. The largest absolute Gasteiger partial charge is 0.0599 e. The lowest BCUT2D eigenvalue weighted by atomic mass is 9.55. The lowest BCUT2D eigenvalue weighted by molar-refractivity contribution is -0.00642. The van der Waals surface area contributed by atoms with Crippen LogP contribution in [0, 0.1) is 23.2 Å². The summed E-state index contributed by atoms with van der Waals surface area (Å²) in [5.41, 5.74) is 0.573. The molecule has 0 spiro atoms. The molecule has 0 heteroatoms. The van der Waals surface area contributed by atoms with Crippen molar-refractivity contribution in [3.05, 3.63) is 0 Å². The number of rotatable bonds is 0. The molecule has 3 atom stereocenters. The molecule has 0 bridgehead atoms. The van der Waals surface area contributed by atoms with E-state index in [-0.39, 0.29) is 0 Å². The lowest BCUT2D eigenvalue weighted by Crippen LogP contribution is -2.41.